The van der Waals surface area contributed by atoms with Gasteiger partial charge in [-0.25, -0.2) is 4.79 Å². The summed E-state index contributed by atoms with van der Waals surface area (Å²) in [6, 6.07) is 0.147. The molecule has 3 atom stereocenters. The molecule has 1 spiro atoms. The molecule has 2 aliphatic carbocycles. The van der Waals surface area contributed by atoms with Gasteiger partial charge in [0.05, 0.1) is 12.2 Å². The quantitative estimate of drug-likeness (QED) is 0.793. The van der Waals surface area contributed by atoms with Crippen molar-refractivity contribution < 1.29 is 14.6 Å². The fourth-order valence-corrected chi connectivity index (χ4v) is 3.38. The normalized spacial score (nSPS) is 29.3. The molecule has 0 heterocycles. The van der Waals surface area contributed by atoms with Gasteiger partial charge in [-0.15, -0.1) is 0 Å². The average Bonchev–Trinajstić information content (AvgIpc) is 2.23. The number of ether oxygens (including phenoxy) is 1. The molecule has 0 saturated heterocycles. The lowest BCUT2D eigenvalue weighted by Gasteiger charge is -2.61. The van der Waals surface area contributed by atoms with Crippen molar-refractivity contribution >= 4 is 6.03 Å². The van der Waals surface area contributed by atoms with Gasteiger partial charge in [-0.05, 0) is 33.1 Å². The molecule has 2 rings (SSSR count). The fourth-order valence-electron chi connectivity index (χ4n) is 3.38. The number of carbonyl (C=O) groups is 1. The Kier molecular flexibility index (Phi) is 4.36. The van der Waals surface area contributed by atoms with Crippen LogP contribution in [0.25, 0.3) is 0 Å². The van der Waals surface area contributed by atoms with Crippen LogP contribution in [-0.4, -0.2) is 54.5 Å². The minimum absolute atomic E-state index is 0.0906. The molecule has 2 saturated carbocycles. The van der Waals surface area contributed by atoms with E-state index in [1.54, 1.807) is 18.9 Å². The lowest BCUT2D eigenvalue weighted by atomic mass is 9.51. The van der Waals surface area contributed by atoms with Gasteiger partial charge in [-0.3, -0.25) is 0 Å². The minimum Gasteiger partial charge on any atom is -0.392 e. The lowest BCUT2D eigenvalue weighted by Crippen LogP contribution is -2.68. The summed E-state index contributed by atoms with van der Waals surface area (Å²) in [4.78, 5) is 13.6. The monoisotopic (exact) mass is 270 g/mol. The van der Waals surface area contributed by atoms with E-state index in [4.69, 9.17) is 4.74 Å². The first kappa shape index (κ1) is 14.6. The van der Waals surface area contributed by atoms with Crippen LogP contribution in [0.4, 0.5) is 4.79 Å². The van der Waals surface area contributed by atoms with Crippen LogP contribution in [0.1, 0.15) is 39.5 Å². The number of nitrogens with one attached hydrogen (secondary N) is 1. The largest absolute Gasteiger partial charge is 0.392 e. The Balaban J connectivity index is 1.85. The van der Waals surface area contributed by atoms with E-state index >= 15 is 0 Å². The number of hydrogen-bond acceptors (Lipinski definition) is 3. The highest BCUT2D eigenvalue weighted by Crippen LogP contribution is 2.57. The van der Waals surface area contributed by atoms with Gasteiger partial charge < -0.3 is 20.1 Å². The van der Waals surface area contributed by atoms with Crippen molar-refractivity contribution in [3.63, 3.8) is 0 Å². The SMILES string of the molecule is CCOC1CC(NC(=O)N(C)CC(C)O)C12CCC2. The van der Waals surface area contributed by atoms with Crippen molar-refractivity contribution in [3.8, 4) is 0 Å². The Hall–Kier alpha value is -0.810. The third kappa shape index (κ3) is 2.72. The van der Waals surface area contributed by atoms with Crippen molar-refractivity contribution in [2.75, 3.05) is 20.2 Å². The molecule has 3 unspecified atom stereocenters. The number of urea groups is 1. The van der Waals surface area contributed by atoms with Crippen molar-refractivity contribution in [1.82, 2.24) is 10.2 Å². The summed E-state index contributed by atoms with van der Waals surface area (Å²) < 4.78 is 5.77. The molecule has 0 aromatic heterocycles. The van der Waals surface area contributed by atoms with E-state index in [-0.39, 0.29) is 17.5 Å². The number of nitrogens with zero attached hydrogens (tertiary/aromatic N) is 1. The van der Waals surface area contributed by atoms with Gasteiger partial charge in [-0.1, -0.05) is 6.42 Å². The van der Waals surface area contributed by atoms with E-state index in [0.29, 0.717) is 12.6 Å². The second-order valence-electron chi connectivity index (χ2n) is 6.00. The number of aliphatic hydroxyl groups excluding tert-OH is 1. The van der Waals surface area contributed by atoms with Gasteiger partial charge in [0, 0.05) is 31.7 Å². The Bertz CT molecular complexity index is 329. The van der Waals surface area contributed by atoms with Crippen LogP contribution in [0.5, 0.6) is 0 Å². The highest BCUT2D eigenvalue weighted by molar-refractivity contribution is 5.74. The Morgan fingerprint density at radius 3 is 2.74 bits per heavy atom. The predicted molar refractivity (Wildman–Crippen MR) is 72.9 cm³/mol. The molecular weight excluding hydrogens is 244 g/mol. The third-order valence-electron chi connectivity index (χ3n) is 4.62. The molecule has 0 bridgehead atoms. The molecule has 0 radical (unpaired) electrons. The first-order valence-corrected chi connectivity index (χ1v) is 7.31. The maximum atomic E-state index is 12.0. The van der Waals surface area contributed by atoms with Crippen LogP contribution in [0.15, 0.2) is 0 Å². The molecule has 110 valence electrons. The van der Waals surface area contributed by atoms with Gasteiger partial charge in [0.2, 0.25) is 0 Å². The van der Waals surface area contributed by atoms with E-state index in [1.807, 2.05) is 6.92 Å². The number of rotatable bonds is 5. The van der Waals surface area contributed by atoms with Gasteiger partial charge in [-0.2, -0.15) is 0 Å². The molecule has 19 heavy (non-hydrogen) atoms. The number of carbonyl (C=O) groups excluding carboxylic acids is 1. The zero-order valence-corrected chi connectivity index (χ0v) is 12.2. The summed E-state index contributed by atoms with van der Waals surface area (Å²) in [6.07, 6.45) is 4.29. The molecular formula is C14H26N2O3. The molecule has 2 fully saturated rings. The van der Waals surface area contributed by atoms with Gasteiger partial charge in [0.15, 0.2) is 0 Å². The van der Waals surface area contributed by atoms with Crippen molar-refractivity contribution in [2.24, 2.45) is 5.41 Å². The van der Waals surface area contributed by atoms with Crippen LogP contribution in [-0.2, 0) is 4.74 Å². The minimum atomic E-state index is -0.494. The average molecular weight is 270 g/mol. The fraction of sp³-hybridized carbons (Fsp3) is 0.929. The van der Waals surface area contributed by atoms with Crippen LogP contribution >= 0.6 is 0 Å². The molecule has 5 nitrogen and oxygen atoms in total. The van der Waals surface area contributed by atoms with Crippen LogP contribution in [0.2, 0.25) is 0 Å². The molecule has 0 aromatic rings. The van der Waals surface area contributed by atoms with E-state index in [1.165, 1.54) is 6.42 Å². The second kappa shape index (κ2) is 5.67. The van der Waals surface area contributed by atoms with E-state index in [2.05, 4.69) is 5.32 Å². The molecule has 2 aliphatic rings. The summed E-state index contributed by atoms with van der Waals surface area (Å²) in [7, 11) is 1.72. The van der Waals surface area contributed by atoms with Crippen molar-refractivity contribution in [3.05, 3.63) is 0 Å². The summed E-state index contributed by atoms with van der Waals surface area (Å²) in [5.74, 6) is 0. The second-order valence-corrected chi connectivity index (χ2v) is 6.00. The highest BCUT2D eigenvalue weighted by atomic mass is 16.5. The smallest absolute Gasteiger partial charge is 0.317 e. The summed E-state index contributed by atoms with van der Waals surface area (Å²) >= 11 is 0. The molecule has 0 aliphatic heterocycles. The zero-order valence-electron chi connectivity index (χ0n) is 12.2. The van der Waals surface area contributed by atoms with Crippen molar-refractivity contribution in [2.45, 2.75) is 57.8 Å². The van der Waals surface area contributed by atoms with Gasteiger partial charge >= 0.3 is 6.03 Å². The highest BCUT2D eigenvalue weighted by Gasteiger charge is 2.59. The Morgan fingerprint density at radius 2 is 2.26 bits per heavy atom. The molecule has 0 aromatic carbocycles. The van der Waals surface area contributed by atoms with Gasteiger partial charge in [0.1, 0.15) is 0 Å². The van der Waals surface area contributed by atoms with Gasteiger partial charge in [0.25, 0.3) is 0 Å². The Morgan fingerprint density at radius 1 is 1.58 bits per heavy atom. The first-order chi connectivity index (χ1) is 8.99. The summed E-state index contributed by atoms with van der Waals surface area (Å²) in [5.41, 5.74) is 0.192. The molecule has 2 amide bonds. The topological polar surface area (TPSA) is 61.8 Å². The van der Waals surface area contributed by atoms with Crippen LogP contribution in [0, 0.1) is 5.41 Å². The van der Waals surface area contributed by atoms with Crippen LogP contribution < -0.4 is 5.32 Å². The Labute approximate surface area is 115 Å². The first-order valence-electron chi connectivity index (χ1n) is 7.31. The third-order valence-corrected chi connectivity index (χ3v) is 4.62. The van der Waals surface area contributed by atoms with E-state index in [9.17, 15) is 9.90 Å². The van der Waals surface area contributed by atoms with Crippen molar-refractivity contribution in [1.29, 1.82) is 0 Å². The zero-order chi connectivity index (χ0) is 14.0. The summed E-state index contributed by atoms with van der Waals surface area (Å²) in [6.45, 7) is 4.82. The maximum absolute atomic E-state index is 12.0. The standard InChI is InChI=1S/C14H26N2O3/c1-4-19-12-8-11(14(12)6-5-7-14)15-13(18)16(3)9-10(2)17/h10-12,17H,4-9H2,1-3H3,(H,15,18). The number of amides is 2. The predicted octanol–water partition coefficient (Wildman–Crippen LogP) is 1.36. The van der Waals surface area contributed by atoms with E-state index in [0.717, 1.165) is 25.9 Å². The molecule has 5 heteroatoms. The van der Waals surface area contributed by atoms with Crippen LogP contribution in [0.3, 0.4) is 0 Å². The molecule has 2 N–H and O–H groups in total. The summed E-state index contributed by atoms with van der Waals surface area (Å²) in [5, 5.41) is 12.4. The number of likely N-dealkylation sites (N-methyl/N-ethyl adjacent to an activating group) is 1. The van der Waals surface area contributed by atoms with E-state index < -0.39 is 6.10 Å². The lowest BCUT2D eigenvalue weighted by molar-refractivity contribution is -0.169. The number of aliphatic hydroxyl groups is 1. The maximum Gasteiger partial charge on any atom is 0.317 e. The number of hydrogen-bond donors (Lipinski definition) is 2.